The van der Waals surface area contributed by atoms with Gasteiger partial charge >= 0.3 is 12.4 Å². The number of halogens is 6. The maximum absolute atomic E-state index is 13.2. The van der Waals surface area contributed by atoms with Gasteiger partial charge in [0.25, 0.3) is 0 Å². The van der Waals surface area contributed by atoms with Gasteiger partial charge in [-0.2, -0.15) is 26.3 Å². The van der Waals surface area contributed by atoms with Crippen molar-refractivity contribution in [2.75, 3.05) is 11.4 Å². The first-order valence-electron chi connectivity index (χ1n) is 9.16. The van der Waals surface area contributed by atoms with Crippen molar-refractivity contribution >= 4 is 21.4 Å². The summed E-state index contributed by atoms with van der Waals surface area (Å²) in [7, 11) is -4.32. The lowest BCUT2D eigenvalue weighted by Gasteiger charge is -2.31. The quantitative estimate of drug-likeness (QED) is 0.614. The van der Waals surface area contributed by atoms with Gasteiger partial charge in [0, 0.05) is 18.9 Å². The van der Waals surface area contributed by atoms with Crippen LogP contribution in [0.25, 0.3) is 0 Å². The van der Waals surface area contributed by atoms with Crippen molar-refractivity contribution < 1.29 is 39.6 Å². The Morgan fingerprint density at radius 3 is 2.12 bits per heavy atom. The third kappa shape index (κ3) is 4.30. The summed E-state index contributed by atoms with van der Waals surface area (Å²) in [6, 6.07) is 3.31. The lowest BCUT2D eigenvalue weighted by Crippen LogP contribution is -2.41. The number of nitrogens with zero attached hydrogens (tertiary/aromatic N) is 3. The topological polar surface area (TPSA) is 80.2 Å². The van der Waals surface area contributed by atoms with Crippen molar-refractivity contribution in [1.82, 2.24) is 9.97 Å². The summed E-state index contributed by atoms with van der Waals surface area (Å²) < 4.78 is 102. The molecule has 0 unspecified atom stereocenters. The molecule has 2 heterocycles. The third-order valence-electron chi connectivity index (χ3n) is 5.48. The molecule has 6 nitrogen and oxygen atoms in total. The van der Waals surface area contributed by atoms with Gasteiger partial charge in [0.1, 0.15) is 0 Å². The van der Waals surface area contributed by atoms with E-state index >= 15 is 0 Å². The number of carbonyl (C=O) groups excluding carboxylic acids is 1. The fourth-order valence-electron chi connectivity index (χ4n) is 3.39. The molecule has 1 amide bonds. The highest BCUT2D eigenvalue weighted by Gasteiger charge is 2.49. The van der Waals surface area contributed by atoms with Gasteiger partial charge in [0.15, 0.2) is 9.84 Å². The van der Waals surface area contributed by atoms with Crippen LogP contribution < -0.4 is 4.90 Å². The first-order chi connectivity index (χ1) is 14.5. The largest absolute Gasteiger partial charge is 0.451 e. The van der Waals surface area contributed by atoms with Gasteiger partial charge in [0.05, 0.1) is 33.3 Å². The van der Waals surface area contributed by atoms with Crippen molar-refractivity contribution in [2.24, 2.45) is 5.92 Å². The maximum Gasteiger partial charge on any atom is 0.451 e. The summed E-state index contributed by atoms with van der Waals surface area (Å²) in [6.45, 7) is 2.42. The molecule has 1 aliphatic rings. The summed E-state index contributed by atoms with van der Waals surface area (Å²) >= 11 is 0. The minimum absolute atomic E-state index is 0.0437. The van der Waals surface area contributed by atoms with E-state index in [0.717, 1.165) is 35.5 Å². The van der Waals surface area contributed by atoms with Crippen LogP contribution in [0.5, 0.6) is 0 Å². The number of hydrogen-bond donors (Lipinski definition) is 0. The van der Waals surface area contributed by atoms with Crippen molar-refractivity contribution in [3.63, 3.8) is 0 Å². The van der Waals surface area contributed by atoms with Gasteiger partial charge in [0.2, 0.25) is 11.7 Å². The van der Waals surface area contributed by atoms with Crippen molar-refractivity contribution in [2.45, 2.75) is 42.3 Å². The molecule has 0 bridgehead atoms. The molecule has 32 heavy (non-hydrogen) atoms. The van der Waals surface area contributed by atoms with E-state index in [1.807, 2.05) is 0 Å². The van der Waals surface area contributed by atoms with E-state index in [0.29, 0.717) is 6.07 Å². The average molecular weight is 481 g/mol. The van der Waals surface area contributed by atoms with Gasteiger partial charge in [-0.15, -0.1) is 0 Å². The summed E-state index contributed by atoms with van der Waals surface area (Å²) in [5, 5.41) is 0. The normalized spacial score (nSPS) is 18.3. The van der Waals surface area contributed by atoms with Crippen LogP contribution >= 0.6 is 0 Å². The van der Waals surface area contributed by atoms with Crippen LogP contribution in [0.4, 0.5) is 32.0 Å². The predicted molar refractivity (Wildman–Crippen MR) is 100 cm³/mol. The van der Waals surface area contributed by atoms with Crippen molar-refractivity contribution in [3.8, 4) is 0 Å². The van der Waals surface area contributed by atoms with E-state index in [-0.39, 0.29) is 18.7 Å². The molecule has 13 heteroatoms. The molecule has 0 saturated carbocycles. The molecule has 0 aliphatic carbocycles. The van der Waals surface area contributed by atoms with Gasteiger partial charge in [-0.05, 0) is 32.0 Å². The van der Waals surface area contributed by atoms with E-state index in [1.165, 1.54) is 13.8 Å². The number of rotatable bonds is 4. The van der Waals surface area contributed by atoms with Crippen LogP contribution in [0.15, 0.2) is 41.6 Å². The molecule has 2 aromatic rings. The lowest BCUT2D eigenvalue weighted by atomic mass is 9.94. The molecule has 1 saturated heterocycles. The molecule has 0 spiro atoms. The Hall–Kier alpha value is -2.70. The zero-order chi connectivity index (χ0) is 24.1. The molecule has 174 valence electrons. The Bertz CT molecular complexity index is 1130. The molecule has 1 aromatic heterocycles. The van der Waals surface area contributed by atoms with Crippen molar-refractivity contribution in [1.29, 1.82) is 0 Å². The highest BCUT2D eigenvalue weighted by atomic mass is 32.2. The highest BCUT2D eigenvalue weighted by Crippen LogP contribution is 2.40. The predicted octanol–water partition coefficient (Wildman–Crippen LogP) is 4.12. The van der Waals surface area contributed by atoms with E-state index in [9.17, 15) is 39.6 Å². The van der Waals surface area contributed by atoms with Gasteiger partial charge < -0.3 is 4.90 Å². The summed E-state index contributed by atoms with van der Waals surface area (Å²) in [6.07, 6.45) is -8.16. The van der Waals surface area contributed by atoms with Gasteiger partial charge in [-0.25, -0.2) is 18.4 Å². The zero-order valence-corrected chi connectivity index (χ0v) is 17.5. The second-order valence-corrected chi connectivity index (χ2v) is 10.3. The zero-order valence-electron chi connectivity index (χ0n) is 16.7. The fraction of sp³-hybridized carbons (Fsp3) is 0.421. The van der Waals surface area contributed by atoms with Crippen LogP contribution in [0.3, 0.4) is 0 Å². The highest BCUT2D eigenvalue weighted by molar-refractivity contribution is 7.92. The maximum atomic E-state index is 13.2. The molecule has 0 N–H and O–H groups in total. The number of aromatic nitrogens is 2. The Morgan fingerprint density at radius 2 is 1.59 bits per heavy atom. The number of hydrogen-bond acceptors (Lipinski definition) is 5. The number of amides is 1. The molecule has 1 fully saturated rings. The van der Waals surface area contributed by atoms with E-state index < -0.39 is 55.0 Å². The molecule has 3 rings (SSSR count). The minimum Gasteiger partial charge on any atom is -0.309 e. The molecular weight excluding hydrogens is 464 g/mol. The summed E-state index contributed by atoms with van der Waals surface area (Å²) in [5.41, 5.74) is -1.17. The fourth-order valence-corrected chi connectivity index (χ4v) is 5.14. The van der Waals surface area contributed by atoms with Crippen LogP contribution in [0.1, 0.15) is 31.7 Å². The average Bonchev–Trinajstić information content (AvgIpc) is 3.09. The third-order valence-corrected chi connectivity index (χ3v) is 8.07. The van der Waals surface area contributed by atoms with Gasteiger partial charge in [-0.1, -0.05) is 6.07 Å². The van der Waals surface area contributed by atoms with E-state index in [4.69, 9.17) is 0 Å². The first-order valence-corrected chi connectivity index (χ1v) is 10.6. The minimum atomic E-state index is -4.77. The smallest absolute Gasteiger partial charge is 0.309 e. The van der Waals surface area contributed by atoms with E-state index in [2.05, 4.69) is 9.97 Å². The molecule has 1 aliphatic heterocycles. The van der Waals surface area contributed by atoms with Crippen LogP contribution in [-0.4, -0.2) is 35.6 Å². The number of alkyl halides is 6. The summed E-state index contributed by atoms with van der Waals surface area (Å²) in [5.74, 6) is -2.81. The van der Waals surface area contributed by atoms with Crippen LogP contribution in [-0.2, 0) is 27.0 Å². The lowest BCUT2D eigenvalue weighted by molar-refractivity contribution is -0.145. The molecule has 1 aromatic carbocycles. The van der Waals surface area contributed by atoms with Crippen LogP contribution in [0, 0.1) is 5.92 Å². The number of benzene rings is 1. The number of carbonyl (C=O) groups is 1. The van der Waals surface area contributed by atoms with Crippen LogP contribution in [0.2, 0.25) is 0 Å². The van der Waals surface area contributed by atoms with Crippen molar-refractivity contribution in [3.05, 3.63) is 48.0 Å². The first kappa shape index (κ1) is 24.0. The molecular formula is C19H17F6N3O3S. The SMILES string of the molecule is CC(C)([C@H]1CC(=O)N(c2cnc(C(F)(F)F)nc2)C1)S(=O)(=O)c1cccc(C(F)(F)F)c1. The standard InChI is InChI=1S/C19H17F6N3O3S/c1-17(2,32(30,31)14-5-3-4-11(6-14)18(20,21)22)12-7-15(29)28(10-12)13-8-26-16(27-9-13)19(23,24)25/h3-6,8-9,12H,7,10H2,1-2H3/t12-/m0/s1. The molecule has 0 radical (unpaired) electrons. The molecule has 1 atom stereocenters. The second kappa shape index (κ2) is 7.71. The Labute approximate surface area is 179 Å². The Morgan fingerprint density at radius 1 is 1.00 bits per heavy atom. The Kier molecular flexibility index (Phi) is 5.77. The second-order valence-electron chi connectivity index (χ2n) is 7.80. The monoisotopic (exact) mass is 481 g/mol. The van der Waals surface area contributed by atoms with E-state index in [1.54, 1.807) is 0 Å². The number of sulfone groups is 1. The Balaban J connectivity index is 1.89. The number of anilines is 1. The summed E-state index contributed by atoms with van der Waals surface area (Å²) in [4.78, 5) is 19.4. The van der Waals surface area contributed by atoms with Gasteiger partial charge in [-0.3, -0.25) is 4.79 Å².